The Morgan fingerprint density at radius 2 is 2.11 bits per heavy atom. The van der Waals surface area contributed by atoms with Crippen molar-refractivity contribution in [1.82, 2.24) is 16.1 Å². The summed E-state index contributed by atoms with van der Waals surface area (Å²) in [4.78, 5) is 15.1. The van der Waals surface area contributed by atoms with Gasteiger partial charge in [-0.3, -0.25) is 10.3 Å². The van der Waals surface area contributed by atoms with Gasteiger partial charge in [-0.1, -0.05) is 30.3 Å². The van der Waals surface area contributed by atoms with Crippen LogP contribution >= 0.6 is 0 Å². The average Bonchev–Trinajstić information content (AvgIpc) is 2.46. The molecule has 0 fully saturated rings. The summed E-state index contributed by atoms with van der Waals surface area (Å²) in [6, 6.07) is 9.41. The molecule has 1 rings (SSSR count). The Morgan fingerprint density at radius 3 is 2.74 bits per heavy atom. The van der Waals surface area contributed by atoms with Gasteiger partial charge in [0.05, 0.1) is 0 Å². The van der Waals surface area contributed by atoms with Gasteiger partial charge in [0, 0.05) is 14.1 Å². The summed E-state index contributed by atoms with van der Waals surface area (Å²) in [6.45, 7) is 0.214. The largest absolute Gasteiger partial charge is 0.444 e. The predicted molar refractivity (Wildman–Crippen MR) is 73.8 cm³/mol. The van der Waals surface area contributed by atoms with E-state index in [9.17, 15) is 4.79 Å². The maximum atomic E-state index is 11.3. The number of guanidine groups is 1. The van der Waals surface area contributed by atoms with E-state index in [1.54, 1.807) is 14.1 Å². The maximum absolute atomic E-state index is 11.3. The molecule has 3 N–H and O–H groups in total. The first-order chi connectivity index (χ1) is 9.26. The Bertz CT molecular complexity index is 445. The second-order valence-corrected chi connectivity index (χ2v) is 3.40. The van der Waals surface area contributed by atoms with E-state index < -0.39 is 6.09 Å². The Kier molecular flexibility index (Phi) is 6.49. The molecule has 0 aliphatic heterocycles. The van der Waals surface area contributed by atoms with Crippen LogP contribution in [0.2, 0.25) is 0 Å². The molecule has 0 aliphatic rings. The highest BCUT2D eigenvalue weighted by molar-refractivity contribution is 5.83. The molecule has 102 valence electrons. The molecule has 19 heavy (non-hydrogen) atoms. The first kappa shape index (κ1) is 14.5. The third-order valence-corrected chi connectivity index (χ3v) is 2.09. The fourth-order valence-corrected chi connectivity index (χ4v) is 1.16. The van der Waals surface area contributed by atoms with Crippen LogP contribution < -0.4 is 16.1 Å². The Balaban J connectivity index is 2.23. The quantitative estimate of drug-likeness (QED) is 0.423. The molecular weight excluding hydrogens is 246 g/mol. The van der Waals surface area contributed by atoms with Crippen molar-refractivity contribution in [2.45, 2.75) is 6.61 Å². The predicted octanol–water partition coefficient (Wildman–Crippen LogP) is 0.651. The molecule has 0 unspecified atom stereocenters. The zero-order valence-electron chi connectivity index (χ0n) is 10.9. The number of aliphatic imine (C=N–C) groups is 1. The molecule has 1 aromatic rings. The minimum absolute atomic E-state index is 0.214. The molecule has 7 nitrogen and oxygen atoms in total. The molecule has 7 heteroatoms. The van der Waals surface area contributed by atoms with E-state index in [1.807, 2.05) is 30.3 Å². The van der Waals surface area contributed by atoms with Gasteiger partial charge in [0.15, 0.2) is 0 Å². The van der Waals surface area contributed by atoms with Crippen molar-refractivity contribution in [3.63, 3.8) is 0 Å². The normalized spacial score (nSPS) is 11.2. The number of rotatable bonds is 4. The molecular formula is C12H17N5O2. The summed E-state index contributed by atoms with van der Waals surface area (Å²) < 4.78 is 4.97. The van der Waals surface area contributed by atoms with Gasteiger partial charge in [-0.2, -0.15) is 5.10 Å². The summed E-state index contributed by atoms with van der Waals surface area (Å²) in [5.41, 5.74) is 3.51. The number of amides is 1. The standard InChI is InChI=1S/C12H17N5O2/c1-13-11(14-2)17-16-9-15-12(18)19-8-10-6-4-3-5-7-10/h3-7,9H,8H2,1-2H3,(H2,13,14,17)(H,15,16,18). The van der Waals surface area contributed by atoms with Gasteiger partial charge in [-0.15, -0.1) is 0 Å². The molecule has 0 saturated heterocycles. The van der Waals surface area contributed by atoms with Crippen LogP contribution in [0.25, 0.3) is 0 Å². The molecule has 0 aliphatic carbocycles. The lowest BCUT2D eigenvalue weighted by molar-refractivity contribution is 0.145. The smallest absolute Gasteiger partial charge is 0.412 e. The molecule has 1 aromatic carbocycles. The topological polar surface area (TPSA) is 87.1 Å². The summed E-state index contributed by atoms with van der Waals surface area (Å²) >= 11 is 0. The van der Waals surface area contributed by atoms with Crippen molar-refractivity contribution < 1.29 is 9.53 Å². The molecule has 0 radical (unpaired) electrons. The second kappa shape index (κ2) is 8.51. The molecule has 0 spiro atoms. The van der Waals surface area contributed by atoms with Crippen LogP contribution in [0.3, 0.4) is 0 Å². The summed E-state index contributed by atoms with van der Waals surface area (Å²) in [5, 5.41) is 8.85. The Hall–Kier alpha value is -2.57. The third-order valence-electron chi connectivity index (χ3n) is 2.09. The van der Waals surface area contributed by atoms with Crippen LogP contribution in [0, 0.1) is 0 Å². The highest BCUT2D eigenvalue weighted by atomic mass is 16.5. The fraction of sp³-hybridized carbons (Fsp3) is 0.250. The van der Waals surface area contributed by atoms with E-state index >= 15 is 0 Å². The number of benzene rings is 1. The first-order valence-corrected chi connectivity index (χ1v) is 5.65. The number of ether oxygens (including phenoxy) is 1. The van der Waals surface area contributed by atoms with Crippen molar-refractivity contribution in [2.24, 2.45) is 10.1 Å². The van der Waals surface area contributed by atoms with Gasteiger partial charge in [0.2, 0.25) is 5.96 Å². The van der Waals surface area contributed by atoms with E-state index in [0.717, 1.165) is 5.56 Å². The van der Waals surface area contributed by atoms with Gasteiger partial charge in [0.25, 0.3) is 0 Å². The van der Waals surface area contributed by atoms with Crippen molar-refractivity contribution in [3.8, 4) is 0 Å². The van der Waals surface area contributed by atoms with Gasteiger partial charge in [-0.25, -0.2) is 10.2 Å². The van der Waals surface area contributed by atoms with Crippen LogP contribution in [0.5, 0.6) is 0 Å². The van der Waals surface area contributed by atoms with Crippen LogP contribution in [0.1, 0.15) is 5.56 Å². The highest BCUT2D eigenvalue weighted by Crippen LogP contribution is 1.99. The lowest BCUT2D eigenvalue weighted by Gasteiger charge is -2.04. The number of nitrogens with zero attached hydrogens (tertiary/aromatic N) is 2. The van der Waals surface area contributed by atoms with E-state index in [0.29, 0.717) is 5.96 Å². The van der Waals surface area contributed by atoms with Crippen molar-refractivity contribution in [2.75, 3.05) is 14.1 Å². The maximum Gasteiger partial charge on any atom is 0.412 e. The SMILES string of the molecule is CN=C(NC)NN=CNC(=O)OCc1ccccc1. The van der Waals surface area contributed by atoms with Gasteiger partial charge >= 0.3 is 6.09 Å². The van der Waals surface area contributed by atoms with E-state index in [-0.39, 0.29) is 6.61 Å². The number of carbonyl (C=O) groups excluding carboxylic acids is 1. The van der Waals surface area contributed by atoms with Crippen LogP contribution in [0.4, 0.5) is 4.79 Å². The number of alkyl carbamates (subject to hydrolysis) is 1. The Labute approximate surface area is 111 Å². The minimum atomic E-state index is -0.575. The summed E-state index contributed by atoms with van der Waals surface area (Å²) in [6.07, 6.45) is 0.615. The number of hydrogen-bond donors (Lipinski definition) is 3. The van der Waals surface area contributed by atoms with Crippen molar-refractivity contribution >= 4 is 18.4 Å². The zero-order valence-corrected chi connectivity index (χ0v) is 10.9. The molecule has 0 bridgehead atoms. The monoisotopic (exact) mass is 263 g/mol. The van der Waals surface area contributed by atoms with E-state index in [2.05, 4.69) is 26.2 Å². The highest BCUT2D eigenvalue weighted by Gasteiger charge is 1.99. The van der Waals surface area contributed by atoms with Crippen LogP contribution in [-0.4, -0.2) is 32.5 Å². The fourth-order valence-electron chi connectivity index (χ4n) is 1.16. The van der Waals surface area contributed by atoms with Crippen molar-refractivity contribution in [1.29, 1.82) is 0 Å². The number of hydrazone groups is 1. The van der Waals surface area contributed by atoms with E-state index in [4.69, 9.17) is 4.74 Å². The second-order valence-electron chi connectivity index (χ2n) is 3.40. The summed E-state index contributed by atoms with van der Waals surface area (Å²) in [5.74, 6) is 0.482. The minimum Gasteiger partial charge on any atom is -0.444 e. The van der Waals surface area contributed by atoms with Crippen molar-refractivity contribution in [3.05, 3.63) is 35.9 Å². The van der Waals surface area contributed by atoms with Gasteiger partial charge in [-0.05, 0) is 5.56 Å². The van der Waals surface area contributed by atoms with E-state index in [1.165, 1.54) is 6.34 Å². The Morgan fingerprint density at radius 1 is 1.37 bits per heavy atom. The first-order valence-electron chi connectivity index (χ1n) is 5.65. The molecule has 1 amide bonds. The zero-order chi connectivity index (χ0) is 13.9. The number of nitrogens with one attached hydrogen (secondary N) is 3. The molecule has 0 aromatic heterocycles. The molecule has 0 atom stereocenters. The molecule has 0 saturated carbocycles. The van der Waals surface area contributed by atoms with Gasteiger partial charge < -0.3 is 10.1 Å². The van der Waals surface area contributed by atoms with Gasteiger partial charge in [0.1, 0.15) is 12.9 Å². The number of hydrogen-bond acceptors (Lipinski definition) is 4. The summed E-state index contributed by atoms with van der Waals surface area (Å²) in [7, 11) is 3.31. The third kappa shape index (κ3) is 6.06. The lowest BCUT2D eigenvalue weighted by Crippen LogP contribution is -2.32. The molecule has 0 heterocycles. The average molecular weight is 263 g/mol. The van der Waals surface area contributed by atoms with Crippen LogP contribution in [0.15, 0.2) is 40.4 Å². The lowest BCUT2D eigenvalue weighted by atomic mass is 10.2. The number of carbonyl (C=O) groups is 1. The van der Waals surface area contributed by atoms with Crippen LogP contribution in [-0.2, 0) is 11.3 Å².